The summed E-state index contributed by atoms with van der Waals surface area (Å²) in [5.41, 5.74) is 3.77. The van der Waals surface area contributed by atoms with E-state index >= 15 is 0 Å². The lowest BCUT2D eigenvalue weighted by atomic mass is 9.89. The lowest BCUT2D eigenvalue weighted by Gasteiger charge is -2.34. The summed E-state index contributed by atoms with van der Waals surface area (Å²) < 4.78 is 0. The fraction of sp³-hybridized carbons (Fsp3) is 0.278. The first-order valence-corrected chi connectivity index (χ1v) is 7.70. The smallest absolute Gasteiger partial charge is 0.188 e. The van der Waals surface area contributed by atoms with Crippen molar-refractivity contribution in [3.63, 3.8) is 0 Å². The van der Waals surface area contributed by atoms with Crippen molar-refractivity contribution in [3.05, 3.63) is 59.2 Å². The van der Waals surface area contributed by atoms with E-state index in [1.807, 2.05) is 48.8 Å². The topological polar surface area (TPSA) is 51.9 Å². The van der Waals surface area contributed by atoms with Crippen molar-refractivity contribution in [2.45, 2.75) is 24.9 Å². The van der Waals surface area contributed by atoms with E-state index in [0.29, 0.717) is 0 Å². The zero-order chi connectivity index (χ0) is 15.1. The molecule has 22 heavy (non-hydrogen) atoms. The number of rotatable bonds is 2. The Morgan fingerprint density at radius 2 is 1.50 bits per heavy atom. The van der Waals surface area contributed by atoms with Crippen LogP contribution in [-0.2, 0) is 4.79 Å². The fourth-order valence-electron chi connectivity index (χ4n) is 3.69. The highest BCUT2D eigenvalue weighted by Crippen LogP contribution is 2.40. The number of aromatic nitrogens is 2. The number of hydrogen-bond acceptors (Lipinski definition) is 2. The van der Waals surface area contributed by atoms with Crippen LogP contribution in [0.5, 0.6) is 0 Å². The van der Waals surface area contributed by atoms with Gasteiger partial charge in [-0.3, -0.25) is 9.69 Å². The van der Waals surface area contributed by atoms with Gasteiger partial charge in [0.15, 0.2) is 5.78 Å². The molecule has 0 amide bonds. The van der Waals surface area contributed by atoms with Crippen LogP contribution in [0.15, 0.2) is 47.8 Å². The van der Waals surface area contributed by atoms with Crippen LogP contribution in [0.2, 0.25) is 0 Å². The Hall–Kier alpha value is -2.33. The molecule has 2 bridgehead atoms. The maximum Gasteiger partial charge on any atom is 0.188 e. The van der Waals surface area contributed by atoms with Crippen molar-refractivity contribution in [1.29, 1.82) is 0 Å². The maximum atomic E-state index is 13.0. The summed E-state index contributed by atoms with van der Waals surface area (Å²) >= 11 is 0. The molecule has 2 N–H and O–H groups in total. The van der Waals surface area contributed by atoms with E-state index in [2.05, 4.69) is 21.9 Å². The standard InChI is InChI=1S/C18H19N3O/c1-21-16-6-7-17(21)15(11-13-5-3-9-20-13)18(22)14(16)10-12-4-2-8-19-12/h2-5,8-11,16-17,19-20H,6-7H2,1H3/b14-10+,15-11+/t16-,17-/m0/s1. The number of likely N-dealkylation sites (N-methyl/N-ethyl adjacent to an activating group) is 1. The molecular weight excluding hydrogens is 274 g/mol. The number of hydrogen-bond donors (Lipinski definition) is 2. The van der Waals surface area contributed by atoms with Gasteiger partial charge in [-0.25, -0.2) is 0 Å². The van der Waals surface area contributed by atoms with Gasteiger partial charge in [0, 0.05) is 47.0 Å². The van der Waals surface area contributed by atoms with Crippen molar-refractivity contribution in [1.82, 2.24) is 14.9 Å². The van der Waals surface area contributed by atoms with Crippen LogP contribution < -0.4 is 0 Å². The first kappa shape index (κ1) is 13.3. The number of aromatic amines is 2. The Morgan fingerprint density at radius 3 is 1.91 bits per heavy atom. The van der Waals surface area contributed by atoms with Crippen LogP contribution in [0.4, 0.5) is 0 Å². The first-order valence-electron chi connectivity index (χ1n) is 7.70. The minimum absolute atomic E-state index is 0.190. The number of nitrogens with zero attached hydrogens (tertiary/aromatic N) is 1. The van der Waals surface area contributed by atoms with E-state index in [1.165, 1.54) is 0 Å². The lowest BCUT2D eigenvalue weighted by molar-refractivity contribution is -0.114. The third-order valence-corrected chi connectivity index (χ3v) is 4.81. The van der Waals surface area contributed by atoms with Crippen molar-refractivity contribution >= 4 is 17.9 Å². The summed E-state index contributed by atoms with van der Waals surface area (Å²) in [6, 6.07) is 8.38. The molecule has 2 aromatic rings. The Bertz CT molecular complexity index is 675. The second kappa shape index (κ2) is 5.14. The molecule has 2 fully saturated rings. The largest absolute Gasteiger partial charge is 0.362 e. The molecule has 2 aliphatic heterocycles. The molecule has 0 radical (unpaired) electrons. The predicted molar refractivity (Wildman–Crippen MR) is 87.1 cm³/mol. The third-order valence-electron chi connectivity index (χ3n) is 4.81. The van der Waals surface area contributed by atoms with Gasteiger partial charge >= 0.3 is 0 Å². The number of piperidine rings is 1. The highest BCUT2D eigenvalue weighted by atomic mass is 16.1. The number of carbonyl (C=O) groups is 1. The molecule has 0 saturated carbocycles. The monoisotopic (exact) mass is 293 g/mol. The van der Waals surface area contributed by atoms with Gasteiger partial charge in [-0.15, -0.1) is 0 Å². The van der Waals surface area contributed by atoms with Crippen LogP contribution >= 0.6 is 0 Å². The second-order valence-corrected chi connectivity index (χ2v) is 6.05. The van der Waals surface area contributed by atoms with Crippen LogP contribution in [-0.4, -0.2) is 39.8 Å². The van der Waals surface area contributed by atoms with Gasteiger partial charge in [0.1, 0.15) is 0 Å². The Kier molecular flexibility index (Phi) is 3.12. The molecule has 2 aliphatic rings. The summed E-state index contributed by atoms with van der Waals surface area (Å²) in [6.07, 6.45) is 9.87. The van der Waals surface area contributed by atoms with Crippen LogP contribution in [0, 0.1) is 0 Å². The predicted octanol–water partition coefficient (Wildman–Crippen LogP) is 2.86. The number of carbonyl (C=O) groups excluding carboxylic acids is 1. The van der Waals surface area contributed by atoms with Crippen molar-refractivity contribution in [2.75, 3.05) is 7.05 Å². The van der Waals surface area contributed by atoms with E-state index in [9.17, 15) is 4.79 Å². The molecule has 0 spiro atoms. The average Bonchev–Trinajstić information content (AvgIpc) is 3.22. The van der Waals surface area contributed by atoms with E-state index in [0.717, 1.165) is 35.4 Å². The number of Topliss-reactive ketones (excluding diaryl/α,β-unsaturated/α-hetero) is 1. The summed E-state index contributed by atoms with van der Waals surface area (Å²) in [6.45, 7) is 0. The quantitative estimate of drug-likeness (QED) is 0.837. The number of ketones is 1. The summed E-state index contributed by atoms with van der Waals surface area (Å²) in [4.78, 5) is 21.7. The fourth-order valence-corrected chi connectivity index (χ4v) is 3.69. The summed E-state index contributed by atoms with van der Waals surface area (Å²) in [7, 11) is 2.12. The van der Waals surface area contributed by atoms with Crippen LogP contribution in [0.25, 0.3) is 12.2 Å². The minimum Gasteiger partial charge on any atom is -0.362 e. The van der Waals surface area contributed by atoms with Crippen LogP contribution in [0.1, 0.15) is 24.2 Å². The molecule has 0 unspecified atom stereocenters. The zero-order valence-electron chi connectivity index (χ0n) is 12.5. The molecule has 0 aromatic carbocycles. The molecule has 2 saturated heterocycles. The van der Waals surface area contributed by atoms with Crippen molar-refractivity contribution < 1.29 is 4.79 Å². The van der Waals surface area contributed by atoms with Gasteiger partial charge < -0.3 is 9.97 Å². The van der Waals surface area contributed by atoms with Gasteiger partial charge in [-0.1, -0.05) is 0 Å². The average molecular weight is 293 g/mol. The number of nitrogens with one attached hydrogen (secondary N) is 2. The number of fused-ring (bicyclic) bond motifs is 2. The molecule has 2 atom stereocenters. The summed E-state index contributed by atoms with van der Waals surface area (Å²) in [5.74, 6) is 0.190. The van der Waals surface area contributed by atoms with E-state index in [-0.39, 0.29) is 17.9 Å². The molecule has 112 valence electrons. The Balaban J connectivity index is 1.79. The van der Waals surface area contributed by atoms with Crippen molar-refractivity contribution in [3.8, 4) is 0 Å². The Labute approximate surface area is 129 Å². The third kappa shape index (κ3) is 2.07. The van der Waals surface area contributed by atoms with Crippen LogP contribution in [0.3, 0.4) is 0 Å². The molecule has 2 aromatic heterocycles. The second-order valence-electron chi connectivity index (χ2n) is 6.05. The SMILES string of the molecule is CN1[C@H]2CC[C@H]1/C(=C\c1ccc[nH]1)C(=O)/C2=C/c1ccc[nH]1. The zero-order valence-corrected chi connectivity index (χ0v) is 12.5. The first-order chi connectivity index (χ1) is 10.7. The molecular formula is C18H19N3O. The van der Waals surface area contributed by atoms with Gasteiger partial charge in [0.25, 0.3) is 0 Å². The Morgan fingerprint density at radius 1 is 1.00 bits per heavy atom. The van der Waals surface area contributed by atoms with Crippen molar-refractivity contribution in [2.24, 2.45) is 0 Å². The normalized spacial score (nSPS) is 28.9. The number of H-pyrrole nitrogens is 2. The molecule has 0 aliphatic carbocycles. The van der Waals surface area contributed by atoms with E-state index in [4.69, 9.17) is 0 Å². The molecule has 4 heteroatoms. The summed E-state index contributed by atoms with van der Waals surface area (Å²) in [5, 5.41) is 0. The molecule has 4 nitrogen and oxygen atoms in total. The molecule has 4 rings (SSSR count). The maximum absolute atomic E-state index is 13.0. The highest BCUT2D eigenvalue weighted by Gasteiger charge is 2.44. The van der Waals surface area contributed by atoms with Gasteiger partial charge in [-0.2, -0.15) is 0 Å². The van der Waals surface area contributed by atoms with Gasteiger partial charge in [-0.05, 0) is 56.3 Å². The van der Waals surface area contributed by atoms with Gasteiger partial charge in [0.05, 0.1) is 0 Å². The van der Waals surface area contributed by atoms with E-state index in [1.54, 1.807) is 0 Å². The minimum atomic E-state index is 0.190. The highest BCUT2D eigenvalue weighted by molar-refractivity contribution is 6.16. The molecule has 4 heterocycles. The van der Waals surface area contributed by atoms with E-state index < -0.39 is 0 Å². The van der Waals surface area contributed by atoms with Gasteiger partial charge in [0.2, 0.25) is 0 Å². The lowest BCUT2D eigenvalue weighted by Crippen LogP contribution is -2.43.